The molecule has 0 bridgehead atoms. The molecule has 0 aromatic heterocycles. The van der Waals surface area contributed by atoms with E-state index in [4.69, 9.17) is 4.74 Å². The molecule has 0 radical (unpaired) electrons. The Balaban J connectivity index is 1.20. The van der Waals surface area contributed by atoms with Crippen LogP contribution in [0.2, 0.25) is 0 Å². The SMILES string of the molecule is C=C(C)[C@@H]1CC[C@]2(CC(=O)C[C@H]3CC[C@@H](N(C)C)C3)CC[C@]3(C)[C@H](CC[C@@H]4[C@@]5(C)CC[C@H](OC(=O)CC(C)(C)CC(=O)O)C(C)(C)[C@@H]5CC[C@]43C)[C@@H]12. The van der Waals surface area contributed by atoms with Gasteiger partial charge in [-0.2, -0.15) is 0 Å². The first-order valence-electron chi connectivity index (χ1n) is 21.3. The van der Waals surface area contributed by atoms with E-state index in [9.17, 15) is 19.5 Å². The van der Waals surface area contributed by atoms with E-state index in [1.807, 2.05) is 13.8 Å². The number of hydrogen-bond donors (Lipinski definition) is 1. The lowest BCUT2D eigenvalue weighted by Crippen LogP contribution is -2.66. The monoisotopic (exact) mass is 722 g/mol. The molecule has 52 heavy (non-hydrogen) atoms. The number of hydrogen-bond acceptors (Lipinski definition) is 5. The number of carbonyl (C=O) groups is 3. The predicted molar refractivity (Wildman–Crippen MR) is 209 cm³/mol. The molecule has 6 aliphatic carbocycles. The highest BCUT2D eigenvalue weighted by Gasteiger charge is 2.71. The van der Waals surface area contributed by atoms with E-state index in [1.54, 1.807) is 0 Å². The van der Waals surface area contributed by atoms with E-state index in [1.165, 1.54) is 69.8 Å². The Kier molecular flexibility index (Phi) is 10.6. The van der Waals surface area contributed by atoms with Crippen LogP contribution in [0.3, 0.4) is 0 Å². The van der Waals surface area contributed by atoms with Crippen molar-refractivity contribution in [3.8, 4) is 0 Å². The summed E-state index contributed by atoms with van der Waals surface area (Å²) in [5.41, 5.74) is 1.33. The van der Waals surface area contributed by atoms with Crippen molar-refractivity contribution in [3.05, 3.63) is 12.2 Å². The number of rotatable bonds is 11. The van der Waals surface area contributed by atoms with Gasteiger partial charge < -0.3 is 14.7 Å². The number of ether oxygens (including phenoxy) is 1. The maximum Gasteiger partial charge on any atom is 0.306 e. The molecule has 6 heteroatoms. The lowest BCUT2D eigenvalue weighted by atomic mass is 9.32. The minimum absolute atomic E-state index is 0.0415. The summed E-state index contributed by atoms with van der Waals surface area (Å²) in [4.78, 5) is 41.1. The van der Waals surface area contributed by atoms with E-state index < -0.39 is 11.4 Å². The van der Waals surface area contributed by atoms with Crippen molar-refractivity contribution < 1.29 is 24.2 Å². The summed E-state index contributed by atoms with van der Waals surface area (Å²) in [7, 11) is 4.38. The molecule has 6 nitrogen and oxygen atoms in total. The number of nitrogens with zero attached hydrogens (tertiary/aromatic N) is 1. The Morgan fingerprint density at radius 1 is 0.827 bits per heavy atom. The first-order valence-corrected chi connectivity index (χ1v) is 21.3. The first kappa shape index (κ1) is 40.0. The summed E-state index contributed by atoms with van der Waals surface area (Å²) in [6.07, 6.45) is 16.8. The fraction of sp³-hybridized carbons (Fsp3) is 0.891. The fourth-order valence-corrected chi connectivity index (χ4v) is 15.3. The minimum Gasteiger partial charge on any atom is -0.481 e. The van der Waals surface area contributed by atoms with Crippen LogP contribution >= 0.6 is 0 Å². The third-order valence-electron chi connectivity index (χ3n) is 18.0. The van der Waals surface area contributed by atoms with Crippen molar-refractivity contribution in [3.63, 3.8) is 0 Å². The van der Waals surface area contributed by atoms with Crippen molar-refractivity contribution in [2.45, 2.75) is 177 Å². The van der Waals surface area contributed by atoms with Gasteiger partial charge in [0.25, 0.3) is 0 Å². The number of fused-ring (bicyclic) bond motifs is 7. The summed E-state index contributed by atoms with van der Waals surface area (Å²) in [5, 5.41) is 9.36. The molecular formula is C46H75NO5. The number of Topliss-reactive ketones (excluding diaryl/α,β-unsaturated/α-hetero) is 1. The van der Waals surface area contributed by atoms with Crippen molar-refractivity contribution >= 4 is 17.7 Å². The number of esters is 1. The van der Waals surface area contributed by atoms with Gasteiger partial charge in [0, 0.05) is 24.3 Å². The molecule has 0 unspecified atom stereocenters. The zero-order valence-corrected chi connectivity index (χ0v) is 34.9. The lowest BCUT2D eigenvalue weighted by Gasteiger charge is -2.73. The Bertz CT molecular complexity index is 1410. The molecule has 0 aliphatic heterocycles. The van der Waals surface area contributed by atoms with Crippen molar-refractivity contribution in [2.24, 2.45) is 68.0 Å². The van der Waals surface area contributed by atoms with Crippen LogP contribution in [0.25, 0.3) is 0 Å². The molecule has 6 aliphatic rings. The van der Waals surface area contributed by atoms with Crippen LogP contribution in [0.15, 0.2) is 12.2 Å². The van der Waals surface area contributed by atoms with Gasteiger partial charge in [0.1, 0.15) is 11.9 Å². The van der Waals surface area contributed by atoms with E-state index in [0.29, 0.717) is 47.3 Å². The smallest absolute Gasteiger partial charge is 0.306 e. The lowest BCUT2D eigenvalue weighted by molar-refractivity contribution is -0.250. The van der Waals surface area contributed by atoms with Crippen LogP contribution in [0, 0.1) is 68.0 Å². The third kappa shape index (κ3) is 6.67. The van der Waals surface area contributed by atoms with Gasteiger partial charge in [-0.25, -0.2) is 0 Å². The van der Waals surface area contributed by atoms with Crippen LogP contribution in [0.1, 0.15) is 165 Å². The average Bonchev–Trinajstić information content (AvgIpc) is 3.63. The molecule has 0 spiro atoms. The second kappa shape index (κ2) is 13.8. The summed E-state index contributed by atoms with van der Waals surface area (Å²) in [6.45, 7) is 23.2. The summed E-state index contributed by atoms with van der Waals surface area (Å²) in [6, 6.07) is 0.629. The maximum absolute atomic E-state index is 14.1. The number of ketones is 1. The third-order valence-corrected chi connectivity index (χ3v) is 18.0. The molecular weight excluding hydrogens is 647 g/mol. The summed E-state index contributed by atoms with van der Waals surface area (Å²) >= 11 is 0. The zero-order chi connectivity index (χ0) is 38.2. The molecule has 6 saturated carbocycles. The predicted octanol–water partition coefficient (Wildman–Crippen LogP) is 10.5. The van der Waals surface area contributed by atoms with E-state index in [2.05, 4.69) is 67.1 Å². The summed E-state index contributed by atoms with van der Waals surface area (Å²) in [5.74, 6) is 2.77. The van der Waals surface area contributed by atoms with Crippen LogP contribution in [-0.4, -0.2) is 54.0 Å². The maximum atomic E-state index is 14.1. The van der Waals surface area contributed by atoms with Crippen molar-refractivity contribution in [2.75, 3.05) is 14.1 Å². The normalized spacial score (nSPS) is 43.9. The van der Waals surface area contributed by atoms with Crippen LogP contribution in [0.4, 0.5) is 0 Å². The minimum atomic E-state index is -0.877. The highest BCUT2D eigenvalue weighted by atomic mass is 16.5. The number of carboxylic acid groups (broad SMARTS) is 1. The molecule has 0 amide bonds. The van der Waals surface area contributed by atoms with Gasteiger partial charge in [-0.1, -0.05) is 60.6 Å². The summed E-state index contributed by atoms with van der Waals surface area (Å²) < 4.78 is 6.30. The Hall–Kier alpha value is -1.69. The van der Waals surface area contributed by atoms with Gasteiger partial charge in [-0.15, -0.1) is 0 Å². The number of aliphatic carboxylic acids is 1. The molecule has 294 valence electrons. The van der Waals surface area contributed by atoms with E-state index in [0.717, 1.165) is 32.1 Å². The Morgan fingerprint density at radius 2 is 1.54 bits per heavy atom. The fourth-order valence-electron chi connectivity index (χ4n) is 15.3. The topological polar surface area (TPSA) is 83.9 Å². The second-order valence-electron chi connectivity index (χ2n) is 22.0. The van der Waals surface area contributed by atoms with E-state index >= 15 is 0 Å². The molecule has 0 aromatic rings. The van der Waals surface area contributed by atoms with Crippen molar-refractivity contribution in [1.82, 2.24) is 4.90 Å². The van der Waals surface area contributed by atoms with Gasteiger partial charge in [0.2, 0.25) is 0 Å². The Morgan fingerprint density at radius 3 is 2.17 bits per heavy atom. The average molecular weight is 722 g/mol. The standard InChI is InChI=1S/C46H75NO5/c1-29(2)33-16-21-46(26-32(48)25-30-12-13-31(24-30)47(10)11)23-22-44(8)34(40(33)46)14-15-36-43(7)19-18-37(42(5,6)35(43)17-20-45(36,44)9)52-39(51)28-41(3,4)27-38(49)50/h30-31,33-37,40H,1,12-28H2,2-11H3,(H,49,50)/t30-,31+,33-,34+,35-,36+,37-,40+,43-,44+,45+,46+/m0/s1. The van der Waals surface area contributed by atoms with Gasteiger partial charge >= 0.3 is 11.9 Å². The molecule has 0 aromatic carbocycles. The Labute approximate surface area is 317 Å². The quantitative estimate of drug-likeness (QED) is 0.169. The molecule has 0 saturated heterocycles. The highest BCUT2D eigenvalue weighted by molar-refractivity contribution is 5.79. The van der Waals surface area contributed by atoms with Crippen LogP contribution < -0.4 is 0 Å². The molecule has 6 fully saturated rings. The first-order chi connectivity index (χ1) is 24.1. The molecule has 12 atom stereocenters. The van der Waals surface area contributed by atoms with Crippen molar-refractivity contribution in [1.29, 1.82) is 0 Å². The van der Waals surface area contributed by atoms with Crippen LogP contribution in [-0.2, 0) is 19.1 Å². The molecule has 1 N–H and O–H groups in total. The van der Waals surface area contributed by atoms with Gasteiger partial charge in [0.15, 0.2) is 0 Å². The van der Waals surface area contributed by atoms with Gasteiger partial charge in [-0.3, -0.25) is 14.4 Å². The van der Waals surface area contributed by atoms with Gasteiger partial charge in [0.05, 0.1) is 12.8 Å². The highest BCUT2D eigenvalue weighted by Crippen LogP contribution is 2.78. The van der Waals surface area contributed by atoms with Crippen LogP contribution in [0.5, 0.6) is 0 Å². The number of carbonyl (C=O) groups excluding carboxylic acids is 2. The van der Waals surface area contributed by atoms with Gasteiger partial charge in [-0.05, 0) is 167 Å². The number of allylic oxidation sites excluding steroid dienone is 1. The second-order valence-corrected chi connectivity index (χ2v) is 22.0. The van der Waals surface area contributed by atoms with E-state index in [-0.39, 0.29) is 52.0 Å². The largest absolute Gasteiger partial charge is 0.481 e. The zero-order valence-electron chi connectivity index (χ0n) is 34.9. The molecule has 6 rings (SSSR count). The number of carboxylic acids is 1. The molecule has 0 heterocycles.